The Bertz CT molecular complexity index is 1040. The van der Waals surface area contributed by atoms with Crippen LogP contribution in [-0.4, -0.2) is 29.3 Å². The lowest BCUT2D eigenvalue weighted by atomic mass is 10.0. The van der Waals surface area contributed by atoms with Crippen molar-refractivity contribution in [3.05, 3.63) is 71.8 Å². The van der Waals surface area contributed by atoms with Gasteiger partial charge in [-0.05, 0) is 65.7 Å². The van der Waals surface area contributed by atoms with Gasteiger partial charge in [0.05, 0.1) is 5.56 Å². The topological polar surface area (TPSA) is 61.4 Å². The Morgan fingerprint density at radius 3 is 2.63 bits per heavy atom. The molecule has 3 rings (SSSR count). The van der Waals surface area contributed by atoms with Gasteiger partial charge in [0.25, 0.3) is 0 Å². The van der Waals surface area contributed by atoms with E-state index in [0.29, 0.717) is 10.7 Å². The monoisotopic (exact) mass is 438 g/mol. The molecule has 30 heavy (non-hydrogen) atoms. The van der Waals surface area contributed by atoms with Crippen molar-refractivity contribution in [3.63, 3.8) is 0 Å². The van der Waals surface area contributed by atoms with Crippen LogP contribution in [0.5, 0.6) is 0 Å². The number of unbranched alkanes of at least 4 members (excludes halogenated alkanes) is 1. The van der Waals surface area contributed by atoms with Gasteiger partial charge in [-0.3, -0.25) is 0 Å². The Balaban J connectivity index is 1.73. The number of thiocarbonyl (C=S) groups is 1. The van der Waals surface area contributed by atoms with Crippen LogP contribution in [0.25, 0.3) is 10.8 Å². The Kier molecular flexibility index (Phi) is 8.11. The van der Waals surface area contributed by atoms with E-state index in [9.17, 15) is 9.90 Å². The number of carboxylic acids is 1. The SMILES string of the molecule is CCCCNC(=S)NCCc1cccc2ccc(Sc3ccccc3C(=O)O)cc12. The van der Waals surface area contributed by atoms with Crippen molar-refractivity contribution in [1.82, 2.24) is 10.6 Å². The number of rotatable bonds is 9. The van der Waals surface area contributed by atoms with Gasteiger partial charge in [-0.15, -0.1) is 0 Å². The maximum Gasteiger partial charge on any atom is 0.336 e. The molecule has 6 heteroatoms. The standard InChI is InChI=1S/C24H26N2O2S2/c1-2-3-14-25-24(29)26-15-13-18-8-6-7-17-11-12-19(16-21(17)18)30-22-10-5-4-9-20(22)23(27)28/h4-12,16H,2-3,13-15H2,1H3,(H,27,28)(H2,25,26,29). The first kappa shape index (κ1) is 22.1. The highest BCUT2D eigenvalue weighted by atomic mass is 32.2. The summed E-state index contributed by atoms with van der Waals surface area (Å²) in [4.78, 5) is 13.3. The molecule has 0 heterocycles. The Morgan fingerprint density at radius 1 is 1.03 bits per heavy atom. The molecule has 3 aromatic carbocycles. The van der Waals surface area contributed by atoms with Crippen LogP contribution in [0.2, 0.25) is 0 Å². The first-order chi connectivity index (χ1) is 14.6. The number of hydrogen-bond donors (Lipinski definition) is 3. The van der Waals surface area contributed by atoms with Crippen LogP contribution in [-0.2, 0) is 6.42 Å². The molecule has 0 bridgehead atoms. The summed E-state index contributed by atoms with van der Waals surface area (Å²) < 4.78 is 0. The first-order valence-electron chi connectivity index (χ1n) is 10.1. The lowest BCUT2D eigenvalue weighted by molar-refractivity contribution is 0.0693. The highest BCUT2D eigenvalue weighted by molar-refractivity contribution is 7.99. The summed E-state index contributed by atoms with van der Waals surface area (Å²) in [5.74, 6) is -0.908. The molecule has 0 aliphatic heterocycles. The average Bonchev–Trinajstić information content (AvgIpc) is 2.74. The molecule has 0 amide bonds. The van der Waals surface area contributed by atoms with Crippen molar-refractivity contribution in [2.45, 2.75) is 36.0 Å². The molecule has 0 saturated carbocycles. The van der Waals surface area contributed by atoms with E-state index >= 15 is 0 Å². The quantitative estimate of drug-likeness (QED) is 0.303. The van der Waals surface area contributed by atoms with E-state index in [0.717, 1.165) is 42.1 Å². The molecule has 3 N–H and O–H groups in total. The van der Waals surface area contributed by atoms with Gasteiger partial charge in [-0.25, -0.2) is 4.79 Å². The maximum atomic E-state index is 11.5. The van der Waals surface area contributed by atoms with Crippen molar-refractivity contribution in [3.8, 4) is 0 Å². The van der Waals surface area contributed by atoms with E-state index in [1.807, 2.05) is 18.2 Å². The molecule has 0 saturated heterocycles. The average molecular weight is 439 g/mol. The van der Waals surface area contributed by atoms with E-state index < -0.39 is 5.97 Å². The number of carboxylic acid groups (broad SMARTS) is 1. The number of aromatic carboxylic acids is 1. The Morgan fingerprint density at radius 2 is 1.83 bits per heavy atom. The van der Waals surface area contributed by atoms with Gasteiger partial charge < -0.3 is 15.7 Å². The van der Waals surface area contributed by atoms with Gasteiger partial charge in [0, 0.05) is 22.9 Å². The minimum absolute atomic E-state index is 0.323. The molecule has 156 valence electrons. The molecule has 3 aromatic rings. The van der Waals surface area contributed by atoms with Gasteiger partial charge in [0.2, 0.25) is 0 Å². The maximum absolute atomic E-state index is 11.5. The summed E-state index contributed by atoms with van der Waals surface area (Å²) in [6.07, 6.45) is 3.10. The summed E-state index contributed by atoms with van der Waals surface area (Å²) in [7, 11) is 0. The number of benzene rings is 3. The zero-order valence-electron chi connectivity index (χ0n) is 17.0. The van der Waals surface area contributed by atoms with E-state index in [-0.39, 0.29) is 0 Å². The highest BCUT2D eigenvalue weighted by Gasteiger charge is 2.11. The van der Waals surface area contributed by atoms with Crippen molar-refractivity contribution in [2.24, 2.45) is 0 Å². The summed E-state index contributed by atoms with van der Waals surface area (Å²) in [6, 6.07) is 19.7. The van der Waals surface area contributed by atoms with Gasteiger partial charge >= 0.3 is 5.97 Å². The molecule has 0 aliphatic rings. The summed E-state index contributed by atoms with van der Waals surface area (Å²) in [5.41, 5.74) is 1.56. The van der Waals surface area contributed by atoms with Gasteiger partial charge in [-0.1, -0.05) is 61.5 Å². The molecule has 0 fully saturated rings. The fourth-order valence-electron chi connectivity index (χ4n) is 3.21. The van der Waals surface area contributed by atoms with Crippen molar-refractivity contribution >= 4 is 45.8 Å². The van der Waals surface area contributed by atoms with E-state index in [4.69, 9.17) is 12.2 Å². The normalized spacial score (nSPS) is 10.7. The lowest BCUT2D eigenvalue weighted by Crippen LogP contribution is -2.36. The second-order valence-corrected chi connectivity index (χ2v) is 8.51. The molecular weight excluding hydrogens is 412 g/mol. The van der Waals surface area contributed by atoms with Gasteiger partial charge in [0.15, 0.2) is 5.11 Å². The summed E-state index contributed by atoms with van der Waals surface area (Å²) >= 11 is 6.81. The van der Waals surface area contributed by atoms with Crippen LogP contribution in [0.4, 0.5) is 0 Å². The lowest BCUT2D eigenvalue weighted by Gasteiger charge is -2.12. The molecular formula is C24H26N2O2S2. The fourth-order valence-corrected chi connectivity index (χ4v) is 4.39. The zero-order valence-corrected chi connectivity index (χ0v) is 18.6. The van der Waals surface area contributed by atoms with E-state index in [2.05, 4.69) is 47.9 Å². The predicted molar refractivity (Wildman–Crippen MR) is 129 cm³/mol. The smallest absolute Gasteiger partial charge is 0.336 e. The van der Waals surface area contributed by atoms with Crippen LogP contribution >= 0.6 is 24.0 Å². The van der Waals surface area contributed by atoms with E-state index in [1.165, 1.54) is 28.1 Å². The highest BCUT2D eigenvalue weighted by Crippen LogP contribution is 2.33. The minimum Gasteiger partial charge on any atom is -0.478 e. The number of nitrogens with one attached hydrogen (secondary N) is 2. The van der Waals surface area contributed by atoms with Crippen LogP contribution in [0.1, 0.15) is 35.7 Å². The molecule has 0 atom stereocenters. The van der Waals surface area contributed by atoms with Crippen LogP contribution in [0, 0.1) is 0 Å². The number of carbonyl (C=O) groups is 1. The van der Waals surface area contributed by atoms with Crippen LogP contribution in [0.3, 0.4) is 0 Å². The first-order valence-corrected chi connectivity index (χ1v) is 11.3. The predicted octanol–water partition coefficient (Wildman–Crippen LogP) is 5.50. The minimum atomic E-state index is -0.908. The zero-order chi connectivity index (χ0) is 21.3. The summed E-state index contributed by atoms with van der Waals surface area (Å²) in [6.45, 7) is 3.82. The number of hydrogen-bond acceptors (Lipinski definition) is 3. The van der Waals surface area contributed by atoms with Gasteiger partial charge in [-0.2, -0.15) is 0 Å². The second-order valence-electron chi connectivity index (χ2n) is 6.99. The molecule has 0 spiro atoms. The van der Waals surface area contributed by atoms with Crippen LogP contribution < -0.4 is 10.6 Å². The number of fused-ring (bicyclic) bond motifs is 1. The molecule has 0 aliphatic carbocycles. The fraction of sp³-hybridized carbons (Fsp3) is 0.250. The molecule has 4 nitrogen and oxygen atoms in total. The van der Waals surface area contributed by atoms with Crippen molar-refractivity contribution < 1.29 is 9.90 Å². The van der Waals surface area contributed by atoms with Gasteiger partial charge in [0.1, 0.15) is 0 Å². The second kappa shape index (κ2) is 11.0. The molecule has 0 unspecified atom stereocenters. The van der Waals surface area contributed by atoms with E-state index in [1.54, 1.807) is 12.1 Å². The van der Waals surface area contributed by atoms with Crippen LogP contribution in [0.15, 0.2) is 70.5 Å². The third-order valence-corrected chi connectivity index (χ3v) is 6.14. The Hall–Kier alpha value is -2.57. The Labute approximate surface area is 187 Å². The third-order valence-electron chi connectivity index (χ3n) is 4.78. The molecule has 0 aromatic heterocycles. The molecule has 0 radical (unpaired) electrons. The van der Waals surface area contributed by atoms with Crippen molar-refractivity contribution in [1.29, 1.82) is 0 Å². The summed E-state index contributed by atoms with van der Waals surface area (Å²) in [5, 5.41) is 19.0. The largest absolute Gasteiger partial charge is 0.478 e. The third kappa shape index (κ3) is 5.97. The van der Waals surface area contributed by atoms with Crippen molar-refractivity contribution in [2.75, 3.05) is 13.1 Å².